The molecule has 0 spiro atoms. The number of hydrogen-bond acceptors (Lipinski definition) is 4. The molecule has 2 unspecified atom stereocenters. The number of aromatic nitrogens is 3. The molecule has 122 valence electrons. The minimum absolute atomic E-state index is 0.603. The number of pyridine rings is 1. The Morgan fingerprint density at radius 3 is 2.96 bits per heavy atom. The Bertz CT molecular complexity index is 641. The van der Waals surface area contributed by atoms with Crippen LogP contribution in [0.3, 0.4) is 0 Å². The molecule has 2 aromatic heterocycles. The lowest BCUT2D eigenvalue weighted by atomic mass is 9.95. The first-order chi connectivity index (χ1) is 11.2. The fraction of sp³-hybridized carbons (Fsp3) is 0.526. The number of aryl methyl sites for hydroxylation is 1. The van der Waals surface area contributed by atoms with E-state index in [9.17, 15) is 0 Å². The molecule has 23 heavy (non-hydrogen) atoms. The van der Waals surface area contributed by atoms with Crippen molar-refractivity contribution >= 4 is 5.82 Å². The number of rotatable bonds is 5. The Balaban J connectivity index is 1.92. The molecule has 0 N–H and O–H groups in total. The van der Waals surface area contributed by atoms with Gasteiger partial charge in [-0.1, -0.05) is 20.3 Å². The van der Waals surface area contributed by atoms with Gasteiger partial charge in [0.2, 0.25) is 0 Å². The molecule has 0 amide bonds. The zero-order chi connectivity index (χ0) is 16.2. The normalized spacial score (nSPS) is 19.1. The molecule has 2 aromatic rings. The maximum Gasteiger partial charge on any atom is 0.163 e. The van der Waals surface area contributed by atoms with Gasteiger partial charge in [-0.05, 0) is 44.2 Å². The summed E-state index contributed by atoms with van der Waals surface area (Å²) >= 11 is 0. The Labute approximate surface area is 139 Å². The third-order valence-corrected chi connectivity index (χ3v) is 4.75. The highest BCUT2D eigenvalue weighted by Crippen LogP contribution is 2.31. The maximum absolute atomic E-state index is 4.85. The van der Waals surface area contributed by atoms with E-state index >= 15 is 0 Å². The Kier molecular flexibility index (Phi) is 4.89. The monoisotopic (exact) mass is 310 g/mol. The summed E-state index contributed by atoms with van der Waals surface area (Å²) in [4.78, 5) is 16.1. The lowest BCUT2D eigenvalue weighted by molar-refractivity contribution is 0.420. The molecule has 3 heterocycles. The minimum atomic E-state index is 0.603. The summed E-state index contributed by atoms with van der Waals surface area (Å²) in [6.07, 6.45) is 8.66. The van der Waals surface area contributed by atoms with E-state index in [0.29, 0.717) is 12.0 Å². The molecule has 2 atom stereocenters. The Hall–Kier alpha value is -1.97. The average Bonchev–Trinajstić information content (AvgIpc) is 3.05. The van der Waals surface area contributed by atoms with Gasteiger partial charge in [-0.15, -0.1) is 0 Å². The van der Waals surface area contributed by atoms with E-state index in [1.54, 1.807) is 6.20 Å². The van der Waals surface area contributed by atoms with E-state index in [-0.39, 0.29) is 0 Å². The lowest BCUT2D eigenvalue weighted by Crippen LogP contribution is -2.35. The smallest absolute Gasteiger partial charge is 0.163 e. The van der Waals surface area contributed by atoms with Crippen LogP contribution in [0.5, 0.6) is 0 Å². The van der Waals surface area contributed by atoms with Gasteiger partial charge in [-0.2, -0.15) is 0 Å². The van der Waals surface area contributed by atoms with Crippen molar-refractivity contribution in [3.8, 4) is 11.4 Å². The van der Waals surface area contributed by atoms with Crippen molar-refractivity contribution in [3.05, 3.63) is 36.3 Å². The largest absolute Gasteiger partial charge is 0.353 e. The van der Waals surface area contributed by atoms with E-state index in [0.717, 1.165) is 29.4 Å². The predicted molar refractivity (Wildman–Crippen MR) is 94.4 cm³/mol. The number of hydrogen-bond donors (Lipinski definition) is 0. The average molecular weight is 310 g/mol. The number of anilines is 1. The highest BCUT2D eigenvalue weighted by Gasteiger charge is 2.30. The molecular formula is C19H26N4. The summed E-state index contributed by atoms with van der Waals surface area (Å²) in [6, 6.07) is 6.68. The first-order valence-electron chi connectivity index (χ1n) is 8.71. The standard InChI is InChI=1S/C19H26N4/c1-4-7-14(2)17-9-6-11-23(17)18-12-15(3)21-19(22-18)16-8-5-10-20-13-16/h5,8,10,12-14,17H,4,6-7,9,11H2,1-3H3. The molecular weight excluding hydrogens is 284 g/mol. The van der Waals surface area contributed by atoms with E-state index in [1.165, 1.54) is 25.7 Å². The van der Waals surface area contributed by atoms with Crippen LogP contribution in [0.1, 0.15) is 45.2 Å². The van der Waals surface area contributed by atoms with E-state index < -0.39 is 0 Å². The van der Waals surface area contributed by atoms with Gasteiger partial charge in [-0.3, -0.25) is 4.98 Å². The first-order valence-corrected chi connectivity index (χ1v) is 8.71. The number of nitrogens with zero attached hydrogens (tertiary/aromatic N) is 4. The third-order valence-electron chi connectivity index (χ3n) is 4.75. The molecule has 1 aliphatic heterocycles. The van der Waals surface area contributed by atoms with Crippen LogP contribution in [0.25, 0.3) is 11.4 Å². The van der Waals surface area contributed by atoms with Crippen LogP contribution < -0.4 is 4.90 Å². The highest BCUT2D eigenvalue weighted by atomic mass is 15.2. The second-order valence-corrected chi connectivity index (χ2v) is 6.60. The minimum Gasteiger partial charge on any atom is -0.353 e. The zero-order valence-corrected chi connectivity index (χ0v) is 14.4. The van der Waals surface area contributed by atoms with Crippen LogP contribution >= 0.6 is 0 Å². The Morgan fingerprint density at radius 2 is 2.22 bits per heavy atom. The highest BCUT2D eigenvalue weighted by molar-refractivity contribution is 5.57. The molecule has 1 fully saturated rings. The van der Waals surface area contributed by atoms with Gasteiger partial charge in [0.15, 0.2) is 5.82 Å². The second-order valence-electron chi connectivity index (χ2n) is 6.60. The van der Waals surface area contributed by atoms with E-state index in [2.05, 4.69) is 34.8 Å². The van der Waals surface area contributed by atoms with Crippen molar-refractivity contribution in [3.63, 3.8) is 0 Å². The molecule has 1 aliphatic rings. The summed E-state index contributed by atoms with van der Waals surface area (Å²) in [5.74, 6) is 2.56. The van der Waals surface area contributed by atoms with Crippen molar-refractivity contribution < 1.29 is 0 Å². The molecule has 3 rings (SSSR count). The van der Waals surface area contributed by atoms with Crippen LogP contribution in [0, 0.1) is 12.8 Å². The SMILES string of the molecule is CCCC(C)C1CCCN1c1cc(C)nc(-c2cccnc2)n1. The summed E-state index contributed by atoms with van der Waals surface area (Å²) in [5, 5.41) is 0. The summed E-state index contributed by atoms with van der Waals surface area (Å²) in [6.45, 7) is 7.79. The fourth-order valence-corrected chi connectivity index (χ4v) is 3.64. The van der Waals surface area contributed by atoms with Crippen LogP contribution in [0.4, 0.5) is 5.82 Å². The predicted octanol–water partition coefficient (Wildman–Crippen LogP) is 4.25. The second kappa shape index (κ2) is 7.07. The van der Waals surface area contributed by atoms with Gasteiger partial charge in [0, 0.05) is 42.3 Å². The molecule has 0 aromatic carbocycles. The van der Waals surface area contributed by atoms with Crippen molar-refractivity contribution in [2.45, 2.75) is 52.5 Å². The van der Waals surface area contributed by atoms with Gasteiger partial charge >= 0.3 is 0 Å². The van der Waals surface area contributed by atoms with Gasteiger partial charge in [0.1, 0.15) is 5.82 Å². The van der Waals surface area contributed by atoms with Crippen molar-refractivity contribution in [2.75, 3.05) is 11.4 Å². The third kappa shape index (κ3) is 3.52. The van der Waals surface area contributed by atoms with E-state index in [4.69, 9.17) is 4.98 Å². The van der Waals surface area contributed by atoms with Gasteiger partial charge in [0.05, 0.1) is 0 Å². The lowest BCUT2D eigenvalue weighted by Gasteiger charge is -2.30. The van der Waals surface area contributed by atoms with Crippen molar-refractivity contribution in [2.24, 2.45) is 5.92 Å². The fourth-order valence-electron chi connectivity index (χ4n) is 3.64. The van der Waals surface area contributed by atoms with Crippen LogP contribution in [-0.2, 0) is 0 Å². The van der Waals surface area contributed by atoms with Crippen molar-refractivity contribution in [1.82, 2.24) is 15.0 Å². The Morgan fingerprint density at radius 1 is 1.35 bits per heavy atom. The molecule has 1 saturated heterocycles. The maximum atomic E-state index is 4.85. The summed E-state index contributed by atoms with van der Waals surface area (Å²) < 4.78 is 0. The van der Waals surface area contributed by atoms with Gasteiger partial charge in [0.25, 0.3) is 0 Å². The van der Waals surface area contributed by atoms with E-state index in [1.807, 2.05) is 25.3 Å². The zero-order valence-electron chi connectivity index (χ0n) is 14.4. The molecule has 0 radical (unpaired) electrons. The van der Waals surface area contributed by atoms with Crippen LogP contribution in [-0.4, -0.2) is 27.5 Å². The molecule has 0 aliphatic carbocycles. The van der Waals surface area contributed by atoms with Crippen LogP contribution in [0.2, 0.25) is 0 Å². The topological polar surface area (TPSA) is 41.9 Å². The van der Waals surface area contributed by atoms with Crippen molar-refractivity contribution in [1.29, 1.82) is 0 Å². The van der Waals surface area contributed by atoms with Gasteiger partial charge < -0.3 is 4.90 Å². The summed E-state index contributed by atoms with van der Waals surface area (Å²) in [7, 11) is 0. The van der Waals surface area contributed by atoms with Crippen LogP contribution in [0.15, 0.2) is 30.6 Å². The molecule has 4 nitrogen and oxygen atoms in total. The molecule has 4 heteroatoms. The first kappa shape index (κ1) is 15.9. The summed E-state index contributed by atoms with van der Waals surface area (Å²) in [5.41, 5.74) is 2.00. The quantitative estimate of drug-likeness (QED) is 0.828. The van der Waals surface area contributed by atoms with Gasteiger partial charge in [-0.25, -0.2) is 9.97 Å². The molecule has 0 saturated carbocycles. The molecule has 0 bridgehead atoms.